The Bertz CT molecular complexity index is 284. The topological polar surface area (TPSA) is 55.4 Å². The van der Waals surface area contributed by atoms with Crippen LogP contribution in [-0.4, -0.2) is 25.2 Å². The number of hydrogen-bond acceptors (Lipinski definition) is 4. The zero-order valence-electron chi connectivity index (χ0n) is 8.08. The molecule has 0 radical (unpaired) electrons. The van der Waals surface area contributed by atoms with Crippen molar-refractivity contribution in [3.8, 4) is 0 Å². The lowest BCUT2D eigenvalue weighted by atomic mass is 10.1. The molecule has 1 fully saturated rings. The minimum Gasteiger partial charge on any atom is -0.479 e. The van der Waals surface area contributed by atoms with Gasteiger partial charge in [-0.2, -0.15) is 0 Å². The number of nitrogens with one attached hydrogen (secondary N) is 1. The van der Waals surface area contributed by atoms with Gasteiger partial charge in [-0.05, 0) is 19.4 Å². The van der Waals surface area contributed by atoms with Crippen LogP contribution in [0.25, 0.3) is 0 Å². The van der Waals surface area contributed by atoms with Crippen LogP contribution in [0.15, 0.2) is 23.6 Å². The maximum atomic E-state index is 11.1. The Kier molecular flexibility index (Phi) is 3.91. The number of rotatable bonds is 3. The first-order valence-electron chi connectivity index (χ1n) is 4.49. The summed E-state index contributed by atoms with van der Waals surface area (Å²) in [5.74, 6) is 0.403. The van der Waals surface area contributed by atoms with Crippen molar-refractivity contribution in [3.63, 3.8) is 0 Å². The van der Waals surface area contributed by atoms with Gasteiger partial charge in [0.25, 0.3) is 0 Å². The summed E-state index contributed by atoms with van der Waals surface area (Å²) in [5.41, 5.74) is 0.351. The predicted molar refractivity (Wildman–Crippen MR) is 51.5 cm³/mol. The molecule has 0 saturated carbocycles. The van der Waals surface area contributed by atoms with Gasteiger partial charge in [0.2, 0.25) is 0 Å². The van der Waals surface area contributed by atoms with Crippen LogP contribution >= 0.6 is 0 Å². The molecular weight excluding hydrogens is 182 g/mol. The summed E-state index contributed by atoms with van der Waals surface area (Å²) in [6, 6.07) is 0. The Labute approximate surface area is 82.6 Å². The number of aldehydes is 1. The van der Waals surface area contributed by atoms with Gasteiger partial charge in [-0.25, -0.2) is 0 Å². The molecule has 0 aromatic heterocycles. The lowest BCUT2D eigenvalue weighted by molar-refractivity contribution is -0.113. The Balaban J connectivity index is 2.74. The van der Waals surface area contributed by atoms with Crippen LogP contribution < -0.4 is 5.32 Å². The van der Waals surface area contributed by atoms with Gasteiger partial charge >= 0.3 is 0 Å². The molecule has 1 heterocycles. The van der Waals surface area contributed by atoms with Gasteiger partial charge in [0.1, 0.15) is 6.29 Å². The molecule has 1 saturated heterocycles. The quantitative estimate of drug-likeness (QED) is 0.528. The average Bonchev–Trinajstić information content (AvgIpc) is 2.18. The van der Waals surface area contributed by atoms with Gasteiger partial charge in [-0.15, -0.1) is 0 Å². The van der Waals surface area contributed by atoms with E-state index in [1.165, 1.54) is 13.0 Å². The molecule has 4 nitrogen and oxygen atoms in total. The Morgan fingerprint density at radius 2 is 2.36 bits per heavy atom. The van der Waals surface area contributed by atoms with Crippen molar-refractivity contribution in [2.24, 2.45) is 0 Å². The monoisotopic (exact) mass is 195 g/mol. The smallest absolute Gasteiger partial charge is 0.187 e. The second-order valence-electron chi connectivity index (χ2n) is 2.95. The summed E-state index contributed by atoms with van der Waals surface area (Å²) in [6.07, 6.45) is 4.33. The molecule has 0 bridgehead atoms. The van der Waals surface area contributed by atoms with Gasteiger partial charge in [0.05, 0.1) is 6.61 Å². The number of carbonyl (C=O) groups is 2. The van der Waals surface area contributed by atoms with E-state index >= 15 is 0 Å². The summed E-state index contributed by atoms with van der Waals surface area (Å²) in [7, 11) is 0. The molecule has 1 aliphatic rings. The van der Waals surface area contributed by atoms with E-state index < -0.39 is 0 Å². The molecule has 1 aliphatic heterocycles. The van der Waals surface area contributed by atoms with Crippen LogP contribution in [0.4, 0.5) is 0 Å². The van der Waals surface area contributed by atoms with Gasteiger partial charge in [0.15, 0.2) is 11.7 Å². The van der Waals surface area contributed by atoms with E-state index in [0.717, 1.165) is 13.0 Å². The molecule has 0 aromatic carbocycles. The molecule has 0 unspecified atom stereocenters. The largest absolute Gasteiger partial charge is 0.479 e. The number of ether oxygens (including phenoxy) is 1. The van der Waals surface area contributed by atoms with E-state index in [-0.39, 0.29) is 5.78 Å². The summed E-state index contributed by atoms with van der Waals surface area (Å²) < 4.78 is 5.25. The first-order chi connectivity index (χ1) is 6.74. The molecule has 0 amide bonds. The third kappa shape index (κ3) is 3.05. The molecule has 0 aliphatic carbocycles. The zero-order valence-corrected chi connectivity index (χ0v) is 8.08. The summed E-state index contributed by atoms with van der Waals surface area (Å²) in [4.78, 5) is 21.3. The highest BCUT2D eigenvalue weighted by Crippen LogP contribution is 2.06. The molecule has 0 atom stereocenters. The van der Waals surface area contributed by atoms with Crippen LogP contribution in [0.5, 0.6) is 0 Å². The lowest BCUT2D eigenvalue weighted by Crippen LogP contribution is -2.24. The van der Waals surface area contributed by atoms with Gasteiger partial charge < -0.3 is 10.1 Å². The van der Waals surface area contributed by atoms with E-state index in [9.17, 15) is 9.59 Å². The van der Waals surface area contributed by atoms with Gasteiger partial charge in [-0.1, -0.05) is 0 Å². The van der Waals surface area contributed by atoms with Crippen LogP contribution in [-0.2, 0) is 14.3 Å². The Morgan fingerprint density at radius 1 is 1.57 bits per heavy atom. The predicted octanol–water partition coefficient (Wildman–Crippen LogP) is 0.552. The molecule has 14 heavy (non-hydrogen) atoms. The minimum absolute atomic E-state index is 0.152. The molecule has 0 aromatic rings. The molecule has 1 N–H and O–H groups in total. The van der Waals surface area contributed by atoms with Gasteiger partial charge in [-0.3, -0.25) is 9.59 Å². The second kappa shape index (κ2) is 5.21. The minimum atomic E-state index is -0.152. The van der Waals surface area contributed by atoms with Crippen molar-refractivity contribution in [1.29, 1.82) is 0 Å². The molecular formula is C10H13NO3. The SMILES string of the molecule is CC(=O)C(/C=C1\NCCCO1)=C/C=O. The fourth-order valence-corrected chi connectivity index (χ4v) is 1.09. The molecule has 1 rings (SSSR count). The number of allylic oxidation sites excluding steroid dienone is 3. The standard InChI is InChI=1S/C10H13NO3/c1-8(13)9(3-5-12)7-10-11-4-2-6-14-10/h3,5,7,11H,2,4,6H2,1H3/b9-3+,10-7+. The van der Waals surface area contributed by atoms with Crippen LogP contribution in [0.2, 0.25) is 0 Å². The number of hydrogen-bond donors (Lipinski definition) is 1. The molecule has 4 heteroatoms. The van der Waals surface area contributed by atoms with Crippen molar-refractivity contribution in [3.05, 3.63) is 23.6 Å². The van der Waals surface area contributed by atoms with E-state index in [1.54, 1.807) is 6.08 Å². The first kappa shape index (κ1) is 10.5. The van der Waals surface area contributed by atoms with E-state index in [4.69, 9.17) is 4.74 Å². The van der Waals surface area contributed by atoms with Crippen molar-refractivity contribution in [2.45, 2.75) is 13.3 Å². The van der Waals surface area contributed by atoms with E-state index in [1.807, 2.05) is 0 Å². The van der Waals surface area contributed by atoms with Crippen molar-refractivity contribution in [2.75, 3.05) is 13.2 Å². The highest BCUT2D eigenvalue weighted by atomic mass is 16.5. The fraction of sp³-hybridized carbons (Fsp3) is 0.400. The van der Waals surface area contributed by atoms with Gasteiger partial charge in [0, 0.05) is 18.2 Å². The normalized spacial score (nSPS) is 19.8. The average molecular weight is 195 g/mol. The highest BCUT2D eigenvalue weighted by molar-refractivity contribution is 5.99. The van der Waals surface area contributed by atoms with E-state index in [2.05, 4.69) is 5.32 Å². The molecule has 76 valence electrons. The van der Waals surface area contributed by atoms with E-state index in [0.29, 0.717) is 24.3 Å². The van der Waals surface area contributed by atoms with Crippen molar-refractivity contribution < 1.29 is 14.3 Å². The zero-order chi connectivity index (χ0) is 10.4. The van der Waals surface area contributed by atoms with Crippen LogP contribution in [0, 0.1) is 0 Å². The third-order valence-corrected chi connectivity index (χ3v) is 1.82. The van der Waals surface area contributed by atoms with Crippen LogP contribution in [0.3, 0.4) is 0 Å². The Morgan fingerprint density at radius 3 is 2.86 bits per heavy atom. The Hall–Kier alpha value is -1.58. The maximum Gasteiger partial charge on any atom is 0.187 e. The second-order valence-corrected chi connectivity index (χ2v) is 2.95. The first-order valence-corrected chi connectivity index (χ1v) is 4.49. The van der Waals surface area contributed by atoms with Crippen molar-refractivity contribution in [1.82, 2.24) is 5.32 Å². The fourth-order valence-electron chi connectivity index (χ4n) is 1.09. The summed E-state index contributed by atoms with van der Waals surface area (Å²) in [6.45, 7) is 2.89. The van der Waals surface area contributed by atoms with Crippen molar-refractivity contribution >= 4 is 12.1 Å². The lowest BCUT2D eigenvalue weighted by Gasteiger charge is -2.18. The highest BCUT2D eigenvalue weighted by Gasteiger charge is 2.07. The maximum absolute atomic E-state index is 11.1. The van der Waals surface area contributed by atoms with Crippen LogP contribution in [0.1, 0.15) is 13.3 Å². The third-order valence-electron chi connectivity index (χ3n) is 1.82. The summed E-state index contributed by atoms with van der Waals surface area (Å²) >= 11 is 0. The summed E-state index contributed by atoms with van der Waals surface area (Å²) in [5, 5.41) is 2.99. The number of ketones is 1. The molecule has 0 spiro atoms. The number of carbonyl (C=O) groups excluding carboxylic acids is 2. The number of Topliss-reactive ketones (excluding diaryl/α,β-unsaturated/α-hetero) is 1.